The van der Waals surface area contributed by atoms with Crippen molar-refractivity contribution in [1.82, 2.24) is 0 Å². The number of ether oxygens (including phenoxy) is 2. The van der Waals surface area contributed by atoms with Crippen LogP contribution in [0.1, 0.15) is 13.3 Å². The summed E-state index contributed by atoms with van der Waals surface area (Å²) in [6.45, 7) is 2.93. The van der Waals surface area contributed by atoms with Crippen molar-refractivity contribution in [3.63, 3.8) is 0 Å². The fraction of sp³-hybridized carbons (Fsp3) is 0.462. The van der Waals surface area contributed by atoms with Gasteiger partial charge in [-0.25, -0.2) is 0 Å². The molecule has 0 spiro atoms. The van der Waals surface area contributed by atoms with E-state index in [-0.39, 0.29) is 17.7 Å². The van der Waals surface area contributed by atoms with E-state index in [4.69, 9.17) is 32.7 Å². The van der Waals surface area contributed by atoms with Gasteiger partial charge in [0.15, 0.2) is 11.5 Å². The van der Waals surface area contributed by atoms with Crippen LogP contribution in [0.5, 0.6) is 11.5 Å². The van der Waals surface area contributed by atoms with Crippen LogP contribution in [0.2, 0.25) is 5.02 Å². The average Bonchev–Trinajstić information content (AvgIpc) is 2.63. The van der Waals surface area contributed by atoms with Gasteiger partial charge in [0.25, 0.3) is 0 Å². The van der Waals surface area contributed by atoms with Crippen molar-refractivity contribution in [1.29, 1.82) is 0 Å². The predicted molar refractivity (Wildman–Crippen MR) is 75.6 cm³/mol. The zero-order valence-corrected chi connectivity index (χ0v) is 12.1. The molecule has 0 saturated carbocycles. The molecule has 1 atom stereocenters. The summed E-state index contributed by atoms with van der Waals surface area (Å²) in [5, 5.41) is 3.16. The van der Waals surface area contributed by atoms with Gasteiger partial charge in [-0.1, -0.05) is 18.5 Å². The molecule has 6 heteroatoms. The molecule has 19 heavy (non-hydrogen) atoms. The van der Waals surface area contributed by atoms with Crippen molar-refractivity contribution in [3.8, 4) is 11.5 Å². The lowest BCUT2D eigenvalue weighted by Gasteiger charge is -2.14. The SMILES string of the molecule is CC(CCl)C(=O)Nc1cc2c(cc1Cl)OCCCO2. The van der Waals surface area contributed by atoms with E-state index in [1.807, 2.05) is 0 Å². The number of fused-ring (bicyclic) bond motifs is 1. The van der Waals surface area contributed by atoms with Crippen molar-refractivity contribution < 1.29 is 14.3 Å². The predicted octanol–water partition coefficient (Wildman–Crippen LogP) is 3.31. The van der Waals surface area contributed by atoms with Crippen LogP contribution in [-0.4, -0.2) is 25.0 Å². The van der Waals surface area contributed by atoms with E-state index in [1.54, 1.807) is 19.1 Å². The smallest absolute Gasteiger partial charge is 0.228 e. The van der Waals surface area contributed by atoms with E-state index < -0.39 is 0 Å². The maximum Gasteiger partial charge on any atom is 0.228 e. The van der Waals surface area contributed by atoms with Gasteiger partial charge >= 0.3 is 0 Å². The highest BCUT2D eigenvalue weighted by atomic mass is 35.5. The Labute approximate surface area is 122 Å². The molecule has 1 amide bonds. The van der Waals surface area contributed by atoms with E-state index in [0.29, 0.717) is 35.4 Å². The van der Waals surface area contributed by atoms with Gasteiger partial charge in [-0.05, 0) is 0 Å². The van der Waals surface area contributed by atoms with Crippen LogP contribution < -0.4 is 14.8 Å². The van der Waals surface area contributed by atoms with E-state index in [0.717, 1.165) is 6.42 Å². The van der Waals surface area contributed by atoms with Crippen LogP contribution in [0, 0.1) is 5.92 Å². The first-order chi connectivity index (χ1) is 9.11. The van der Waals surface area contributed by atoms with E-state index >= 15 is 0 Å². The minimum atomic E-state index is -0.284. The third kappa shape index (κ3) is 3.45. The summed E-state index contributed by atoms with van der Waals surface area (Å²) in [6, 6.07) is 3.34. The number of halogens is 2. The fourth-order valence-electron chi connectivity index (χ4n) is 1.61. The first-order valence-electron chi connectivity index (χ1n) is 6.07. The van der Waals surface area contributed by atoms with Crippen LogP contribution in [0.4, 0.5) is 5.69 Å². The van der Waals surface area contributed by atoms with Crippen molar-refractivity contribution in [2.45, 2.75) is 13.3 Å². The summed E-state index contributed by atoms with van der Waals surface area (Å²) in [7, 11) is 0. The Kier molecular flexibility index (Phi) is 4.77. The van der Waals surface area contributed by atoms with Gasteiger partial charge in [0.2, 0.25) is 5.91 Å². The number of hydrogen-bond donors (Lipinski definition) is 1. The highest BCUT2D eigenvalue weighted by Crippen LogP contribution is 2.37. The molecule has 0 aromatic heterocycles. The van der Waals surface area contributed by atoms with Crippen molar-refractivity contribution in [2.75, 3.05) is 24.4 Å². The molecule has 1 aliphatic heterocycles. The Morgan fingerprint density at radius 2 is 2.00 bits per heavy atom. The number of hydrogen-bond acceptors (Lipinski definition) is 3. The number of nitrogens with one attached hydrogen (secondary N) is 1. The summed E-state index contributed by atoms with van der Waals surface area (Å²) < 4.78 is 11.1. The van der Waals surface area contributed by atoms with Crippen molar-refractivity contribution >= 4 is 34.8 Å². The number of alkyl halides is 1. The third-order valence-electron chi connectivity index (χ3n) is 2.77. The fourth-order valence-corrected chi connectivity index (χ4v) is 1.95. The molecular formula is C13H15Cl2NO3. The highest BCUT2D eigenvalue weighted by molar-refractivity contribution is 6.34. The van der Waals surface area contributed by atoms with Crippen LogP contribution in [-0.2, 0) is 4.79 Å². The van der Waals surface area contributed by atoms with E-state index in [2.05, 4.69) is 5.32 Å². The molecule has 0 fully saturated rings. The lowest BCUT2D eigenvalue weighted by atomic mass is 10.2. The molecule has 0 aliphatic carbocycles. The molecule has 2 rings (SSSR count). The number of rotatable bonds is 3. The molecule has 1 N–H and O–H groups in total. The first kappa shape index (κ1) is 14.3. The molecule has 1 heterocycles. The van der Waals surface area contributed by atoms with E-state index in [1.165, 1.54) is 0 Å². The monoisotopic (exact) mass is 303 g/mol. The summed E-state index contributed by atoms with van der Waals surface area (Å²) in [5.41, 5.74) is 0.507. The second-order valence-electron chi connectivity index (χ2n) is 4.37. The van der Waals surface area contributed by atoms with Crippen LogP contribution >= 0.6 is 23.2 Å². The number of amides is 1. The molecule has 0 radical (unpaired) electrons. The maximum absolute atomic E-state index is 11.8. The molecular weight excluding hydrogens is 289 g/mol. The zero-order valence-electron chi connectivity index (χ0n) is 10.5. The van der Waals surface area contributed by atoms with Crippen molar-refractivity contribution in [3.05, 3.63) is 17.2 Å². The van der Waals surface area contributed by atoms with Crippen LogP contribution in [0.15, 0.2) is 12.1 Å². The Balaban J connectivity index is 2.22. The summed E-state index contributed by atoms with van der Waals surface area (Å²) in [5.74, 6) is 0.996. The number of benzene rings is 1. The molecule has 104 valence electrons. The average molecular weight is 304 g/mol. The van der Waals surface area contributed by atoms with Gasteiger partial charge in [0.05, 0.1) is 23.9 Å². The zero-order chi connectivity index (χ0) is 13.8. The van der Waals surface area contributed by atoms with Crippen LogP contribution in [0.3, 0.4) is 0 Å². The van der Waals surface area contributed by atoms with E-state index in [9.17, 15) is 4.79 Å². The standard InChI is InChI=1S/C13H15Cl2NO3/c1-8(7-14)13(17)16-10-6-12-11(5-9(10)15)18-3-2-4-19-12/h5-6,8H,2-4,7H2,1H3,(H,16,17). The topological polar surface area (TPSA) is 47.6 Å². The molecule has 0 saturated heterocycles. The summed E-state index contributed by atoms with van der Waals surface area (Å²) in [4.78, 5) is 11.8. The van der Waals surface area contributed by atoms with Gasteiger partial charge in [-0.3, -0.25) is 4.79 Å². The minimum Gasteiger partial charge on any atom is -0.490 e. The molecule has 0 bridgehead atoms. The molecule has 1 aromatic carbocycles. The lowest BCUT2D eigenvalue weighted by molar-refractivity contribution is -0.118. The summed E-state index contributed by atoms with van der Waals surface area (Å²) >= 11 is 11.8. The quantitative estimate of drug-likeness (QED) is 0.872. The molecule has 1 unspecified atom stereocenters. The van der Waals surface area contributed by atoms with Gasteiger partial charge < -0.3 is 14.8 Å². The minimum absolute atomic E-state index is 0.175. The lowest BCUT2D eigenvalue weighted by Crippen LogP contribution is -2.21. The normalized spacial score (nSPS) is 15.5. The van der Waals surface area contributed by atoms with Gasteiger partial charge in [0, 0.05) is 30.4 Å². The Bertz CT molecular complexity index is 479. The molecule has 4 nitrogen and oxygen atoms in total. The largest absolute Gasteiger partial charge is 0.490 e. The molecule has 1 aliphatic rings. The Hall–Kier alpha value is -1.13. The van der Waals surface area contributed by atoms with Gasteiger partial charge in [0.1, 0.15) is 0 Å². The highest BCUT2D eigenvalue weighted by Gasteiger charge is 2.17. The van der Waals surface area contributed by atoms with Crippen LogP contribution in [0.25, 0.3) is 0 Å². The van der Waals surface area contributed by atoms with Gasteiger partial charge in [-0.2, -0.15) is 0 Å². The maximum atomic E-state index is 11.8. The Morgan fingerprint density at radius 1 is 1.37 bits per heavy atom. The molecule has 1 aromatic rings. The third-order valence-corrected chi connectivity index (χ3v) is 3.55. The number of carbonyl (C=O) groups is 1. The van der Waals surface area contributed by atoms with Crippen molar-refractivity contribution in [2.24, 2.45) is 5.92 Å². The Morgan fingerprint density at radius 3 is 2.63 bits per heavy atom. The second kappa shape index (κ2) is 6.35. The summed E-state index contributed by atoms with van der Waals surface area (Å²) in [6.07, 6.45) is 0.817. The first-order valence-corrected chi connectivity index (χ1v) is 6.99. The number of carbonyl (C=O) groups excluding carboxylic acids is 1. The second-order valence-corrected chi connectivity index (χ2v) is 5.09. The van der Waals surface area contributed by atoms with Gasteiger partial charge in [-0.15, -0.1) is 11.6 Å². The number of anilines is 1.